The van der Waals surface area contributed by atoms with Crippen molar-refractivity contribution in [1.29, 1.82) is 0 Å². The summed E-state index contributed by atoms with van der Waals surface area (Å²) in [6.07, 6.45) is 0.838. The lowest BCUT2D eigenvalue weighted by Gasteiger charge is -2.15. The van der Waals surface area contributed by atoms with Gasteiger partial charge in [0.15, 0.2) is 5.16 Å². The first kappa shape index (κ1) is 19.0. The molecule has 0 bridgehead atoms. The molecule has 134 valence electrons. The van der Waals surface area contributed by atoms with Crippen molar-refractivity contribution in [2.45, 2.75) is 37.2 Å². The number of rotatable bonds is 7. The predicted octanol–water partition coefficient (Wildman–Crippen LogP) is 1.58. The van der Waals surface area contributed by atoms with Crippen LogP contribution in [0.15, 0.2) is 34.2 Å². The van der Waals surface area contributed by atoms with Gasteiger partial charge in [-0.05, 0) is 25.5 Å². The van der Waals surface area contributed by atoms with Crippen molar-refractivity contribution in [3.05, 3.63) is 34.6 Å². The summed E-state index contributed by atoms with van der Waals surface area (Å²) in [6.45, 7) is 4.04. The van der Waals surface area contributed by atoms with Crippen molar-refractivity contribution in [2.24, 2.45) is 0 Å². The molecule has 0 saturated carbocycles. The molecule has 0 aliphatic rings. The lowest BCUT2D eigenvalue weighted by molar-refractivity contribution is -0.141. The van der Waals surface area contributed by atoms with Gasteiger partial charge in [0.2, 0.25) is 5.91 Å². The normalized spacial score (nSPS) is 12.0. The number of fused-ring (bicyclic) bond motifs is 1. The monoisotopic (exact) mass is 363 g/mol. The van der Waals surface area contributed by atoms with Crippen LogP contribution in [0.4, 0.5) is 0 Å². The highest BCUT2D eigenvalue weighted by Crippen LogP contribution is 2.22. The van der Waals surface area contributed by atoms with Crippen LogP contribution >= 0.6 is 11.8 Å². The molecular weight excluding hydrogens is 342 g/mol. The average molecular weight is 363 g/mol. The van der Waals surface area contributed by atoms with Gasteiger partial charge in [0.05, 0.1) is 23.3 Å². The number of benzene rings is 1. The minimum Gasteiger partial charge on any atom is -0.468 e. The van der Waals surface area contributed by atoms with Gasteiger partial charge in [0, 0.05) is 6.54 Å². The third-order valence-corrected chi connectivity index (χ3v) is 4.63. The van der Waals surface area contributed by atoms with Gasteiger partial charge in [-0.25, -0.2) is 4.98 Å². The van der Waals surface area contributed by atoms with E-state index in [9.17, 15) is 14.4 Å². The zero-order valence-corrected chi connectivity index (χ0v) is 15.3. The molecule has 1 aromatic carbocycles. The minimum absolute atomic E-state index is 0.140. The number of methoxy groups -OCH3 is 1. The number of para-hydroxylation sites is 1. The molecule has 2 aromatic rings. The van der Waals surface area contributed by atoms with Crippen LogP contribution in [0, 0.1) is 0 Å². The Morgan fingerprint density at radius 1 is 1.36 bits per heavy atom. The summed E-state index contributed by atoms with van der Waals surface area (Å²) >= 11 is 1.14. The first-order chi connectivity index (χ1) is 12.0. The quantitative estimate of drug-likeness (QED) is 0.456. The third-order valence-electron chi connectivity index (χ3n) is 3.54. The number of thioether (sulfide) groups is 1. The molecule has 0 radical (unpaired) electrons. The van der Waals surface area contributed by atoms with Crippen LogP contribution in [0.1, 0.15) is 20.3 Å². The Morgan fingerprint density at radius 2 is 2.08 bits per heavy atom. The van der Waals surface area contributed by atoms with Gasteiger partial charge in [-0.2, -0.15) is 0 Å². The van der Waals surface area contributed by atoms with E-state index in [4.69, 9.17) is 0 Å². The first-order valence-corrected chi connectivity index (χ1v) is 8.86. The zero-order chi connectivity index (χ0) is 18.4. The lowest BCUT2D eigenvalue weighted by atomic mass is 10.2. The van der Waals surface area contributed by atoms with Crippen LogP contribution in [0.25, 0.3) is 10.9 Å². The molecule has 1 N–H and O–H groups in total. The Kier molecular flexibility index (Phi) is 6.58. The SMILES string of the molecule is CCCNC(=O)C(C)Sc1nc2ccccc2c(=O)n1CC(=O)OC. The topological polar surface area (TPSA) is 90.3 Å². The van der Waals surface area contributed by atoms with Crippen molar-refractivity contribution in [1.82, 2.24) is 14.9 Å². The van der Waals surface area contributed by atoms with Crippen molar-refractivity contribution in [3.63, 3.8) is 0 Å². The Balaban J connectivity index is 2.42. The first-order valence-electron chi connectivity index (χ1n) is 7.98. The number of hydrogen-bond acceptors (Lipinski definition) is 6. The third kappa shape index (κ3) is 4.60. The molecule has 1 amide bonds. The van der Waals surface area contributed by atoms with E-state index in [0.717, 1.165) is 18.2 Å². The summed E-state index contributed by atoms with van der Waals surface area (Å²) in [4.78, 5) is 41.0. The van der Waals surface area contributed by atoms with Crippen LogP contribution in [0.5, 0.6) is 0 Å². The standard InChI is InChI=1S/C17H21N3O4S/c1-4-9-18-15(22)11(2)25-17-19-13-8-6-5-7-12(13)16(23)20(17)10-14(21)24-3/h5-8,11H,4,9-10H2,1-3H3,(H,18,22). The Hall–Kier alpha value is -2.35. The number of carbonyl (C=O) groups excluding carboxylic acids is 2. The number of nitrogens with zero attached hydrogens (tertiary/aromatic N) is 2. The van der Waals surface area contributed by atoms with Crippen LogP contribution in [-0.2, 0) is 20.9 Å². The predicted molar refractivity (Wildman–Crippen MR) is 96.6 cm³/mol. The molecule has 7 nitrogen and oxygen atoms in total. The number of hydrogen-bond donors (Lipinski definition) is 1. The van der Waals surface area contributed by atoms with Gasteiger partial charge in [-0.1, -0.05) is 30.8 Å². The number of esters is 1. The molecule has 2 rings (SSSR count). The van der Waals surface area contributed by atoms with Crippen LogP contribution in [-0.4, -0.2) is 40.3 Å². The Morgan fingerprint density at radius 3 is 2.76 bits per heavy atom. The molecule has 1 heterocycles. The molecule has 8 heteroatoms. The number of nitrogens with one attached hydrogen (secondary N) is 1. The maximum atomic E-state index is 12.7. The van der Waals surface area contributed by atoms with E-state index in [1.165, 1.54) is 11.7 Å². The van der Waals surface area contributed by atoms with Gasteiger partial charge in [-0.15, -0.1) is 0 Å². The molecule has 0 saturated heterocycles. The molecular formula is C17H21N3O4S. The number of amides is 1. The fraction of sp³-hybridized carbons (Fsp3) is 0.412. The van der Waals surface area contributed by atoms with Gasteiger partial charge < -0.3 is 10.1 Å². The Bertz CT molecular complexity index is 834. The highest BCUT2D eigenvalue weighted by molar-refractivity contribution is 8.00. The van der Waals surface area contributed by atoms with E-state index in [0.29, 0.717) is 22.6 Å². The van der Waals surface area contributed by atoms with Gasteiger partial charge >= 0.3 is 5.97 Å². The smallest absolute Gasteiger partial charge is 0.325 e. The second-order valence-corrected chi connectivity index (χ2v) is 6.74. The molecule has 1 unspecified atom stereocenters. The van der Waals surface area contributed by atoms with Crippen LogP contribution in [0.3, 0.4) is 0 Å². The summed E-state index contributed by atoms with van der Waals surface area (Å²) in [5.74, 6) is -0.692. The Labute approximate surface area is 149 Å². The van der Waals surface area contributed by atoms with E-state index in [2.05, 4.69) is 15.0 Å². The largest absolute Gasteiger partial charge is 0.468 e. The maximum absolute atomic E-state index is 12.7. The lowest BCUT2D eigenvalue weighted by Crippen LogP contribution is -2.33. The van der Waals surface area contributed by atoms with E-state index in [1.54, 1.807) is 31.2 Å². The van der Waals surface area contributed by atoms with Crippen LogP contribution in [0.2, 0.25) is 0 Å². The van der Waals surface area contributed by atoms with E-state index in [1.807, 2.05) is 6.92 Å². The fourth-order valence-corrected chi connectivity index (χ4v) is 3.11. The van der Waals surface area contributed by atoms with E-state index >= 15 is 0 Å². The molecule has 0 aliphatic carbocycles. The zero-order valence-electron chi connectivity index (χ0n) is 14.4. The summed E-state index contributed by atoms with van der Waals surface area (Å²) in [7, 11) is 1.26. The summed E-state index contributed by atoms with van der Waals surface area (Å²) < 4.78 is 5.92. The molecule has 0 fully saturated rings. The van der Waals surface area contributed by atoms with Crippen molar-refractivity contribution < 1.29 is 14.3 Å². The van der Waals surface area contributed by atoms with Gasteiger partial charge in [-0.3, -0.25) is 19.0 Å². The highest BCUT2D eigenvalue weighted by Gasteiger charge is 2.20. The number of carbonyl (C=O) groups is 2. The number of aromatic nitrogens is 2. The van der Waals surface area contributed by atoms with Gasteiger partial charge in [0.1, 0.15) is 6.54 Å². The van der Waals surface area contributed by atoms with Crippen LogP contribution < -0.4 is 10.9 Å². The van der Waals surface area contributed by atoms with Crippen molar-refractivity contribution >= 4 is 34.5 Å². The summed E-state index contributed by atoms with van der Waals surface area (Å²) in [6, 6.07) is 6.90. The molecule has 0 aliphatic heterocycles. The fourth-order valence-electron chi connectivity index (χ4n) is 2.17. The number of ether oxygens (including phenoxy) is 1. The highest BCUT2D eigenvalue weighted by atomic mass is 32.2. The summed E-state index contributed by atoms with van der Waals surface area (Å²) in [5, 5.41) is 3.08. The van der Waals surface area contributed by atoms with Crippen molar-refractivity contribution in [3.8, 4) is 0 Å². The maximum Gasteiger partial charge on any atom is 0.325 e. The average Bonchev–Trinajstić information content (AvgIpc) is 2.62. The molecule has 0 spiro atoms. The second kappa shape index (κ2) is 8.66. The molecule has 25 heavy (non-hydrogen) atoms. The summed E-state index contributed by atoms with van der Waals surface area (Å²) in [5.41, 5.74) is 0.192. The van der Waals surface area contributed by atoms with Crippen molar-refractivity contribution in [2.75, 3.05) is 13.7 Å². The van der Waals surface area contributed by atoms with E-state index in [-0.39, 0.29) is 18.0 Å². The van der Waals surface area contributed by atoms with Gasteiger partial charge in [0.25, 0.3) is 5.56 Å². The molecule has 1 atom stereocenters. The molecule has 1 aromatic heterocycles. The van der Waals surface area contributed by atoms with E-state index < -0.39 is 11.2 Å². The second-order valence-electron chi connectivity index (χ2n) is 5.43. The minimum atomic E-state index is -0.552.